The monoisotopic (exact) mass is 682 g/mol. The smallest absolute Gasteiger partial charge is 0.336 e. The fourth-order valence-corrected chi connectivity index (χ4v) is 6.70. The molecule has 47 heavy (non-hydrogen) atoms. The van der Waals surface area contributed by atoms with E-state index in [0.29, 0.717) is 61.9 Å². The molecule has 0 bridgehead atoms. The molecule has 0 radical (unpaired) electrons. The van der Waals surface area contributed by atoms with Crippen LogP contribution < -0.4 is 15.5 Å². The quantitative estimate of drug-likeness (QED) is 0.170. The van der Waals surface area contributed by atoms with Gasteiger partial charge >= 0.3 is 17.9 Å². The van der Waals surface area contributed by atoms with Gasteiger partial charge in [-0.2, -0.15) is 4.31 Å². The lowest BCUT2D eigenvalue weighted by molar-refractivity contribution is -0.170. The molecule has 1 unspecified atom stereocenters. The molecule has 1 aromatic carbocycles. The van der Waals surface area contributed by atoms with Crippen molar-refractivity contribution in [3.05, 3.63) is 41.0 Å². The Morgan fingerprint density at radius 1 is 1.04 bits per heavy atom. The van der Waals surface area contributed by atoms with Crippen LogP contribution >= 0.6 is 0 Å². The van der Waals surface area contributed by atoms with E-state index in [4.69, 9.17) is 25.2 Å². The number of carbonyl (C=O) groups is 4. The fourth-order valence-electron chi connectivity index (χ4n) is 5.24. The first-order valence-electron chi connectivity index (χ1n) is 15.1. The Hall–Kier alpha value is -4.26. The highest BCUT2D eigenvalue weighted by atomic mass is 32.2. The minimum absolute atomic E-state index is 0.188. The maximum absolute atomic E-state index is 13.4. The van der Waals surface area contributed by atoms with Crippen LogP contribution in [0.25, 0.3) is 0 Å². The second-order valence-corrected chi connectivity index (χ2v) is 13.0. The van der Waals surface area contributed by atoms with Crippen molar-refractivity contribution in [2.75, 3.05) is 44.8 Å². The van der Waals surface area contributed by atoms with Crippen LogP contribution in [0.2, 0.25) is 0 Å². The Morgan fingerprint density at radius 3 is 2.17 bits per heavy atom. The molecule has 3 heterocycles. The minimum atomic E-state index is -3.68. The molecule has 260 valence electrons. The summed E-state index contributed by atoms with van der Waals surface area (Å²) in [6.45, 7) is 11.5. The molecule has 4 rings (SSSR count). The zero-order valence-electron chi connectivity index (χ0n) is 26.7. The van der Waals surface area contributed by atoms with Gasteiger partial charge in [0, 0.05) is 38.2 Å². The molecule has 0 saturated carbocycles. The standard InChI is InChI=1S/C23H34N6O4S.C6H8O7/c1-5-8-20-24-16(4)21-23(30)25-22(26-29(20)21)18-15-17(9-10-19(18)33-7-3)34(31,32)28-13-11-27(6-2)12-14-28;7-3(8)1-6(13,5(11)12)2-4(9)10/h9-10,15,22,26H,5-8,11-14H2,1-4H3,(H,25,30);13H,1-2H2,(H,7,8)(H,9,10)(H,11,12). The topological polar surface area (TPSA) is 241 Å². The molecule has 1 amide bonds. The predicted molar refractivity (Wildman–Crippen MR) is 166 cm³/mol. The number of carboxylic acid groups (broad SMARTS) is 3. The van der Waals surface area contributed by atoms with E-state index < -0.39 is 52.5 Å². The molecule has 2 aliphatic rings. The molecule has 1 aromatic heterocycles. The molecule has 1 atom stereocenters. The lowest BCUT2D eigenvalue weighted by atomic mass is 9.96. The normalized spacial score (nSPS) is 17.0. The molecule has 6 N–H and O–H groups in total. The van der Waals surface area contributed by atoms with Crippen molar-refractivity contribution < 1.29 is 52.8 Å². The third kappa shape index (κ3) is 8.76. The SMILES string of the molecule is CCCc1nc(C)c2n1NC(c1cc(S(=O)(=O)N3CCN(CC)CC3)ccc1OCC)NC2=O.O=C(O)CC(O)(CC(=O)O)C(=O)O. The summed E-state index contributed by atoms with van der Waals surface area (Å²) in [5.74, 6) is -3.99. The van der Waals surface area contributed by atoms with Crippen LogP contribution in [0, 0.1) is 6.92 Å². The Bertz CT molecular complexity index is 1570. The molecular weight excluding hydrogens is 640 g/mol. The van der Waals surface area contributed by atoms with E-state index >= 15 is 0 Å². The number of aliphatic carboxylic acids is 3. The van der Waals surface area contributed by atoms with Crippen molar-refractivity contribution in [1.82, 2.24) is 24.2 Å². The molecular formula is C29H42N6O11S. The summed E-state index contributed by atoms with van der Waals surface area (Å²) >= 11 is 0. The van der Waals surface area contributed by atoms with Crippen molar-refractivity contribution in [1.29, 1.82) is 0 Å². The number of sulfonamides is 1. The number of aromatic nitrogens is 2. The van der Waals surface area contributed by atoms with E-state index in [1.54, 1.807) is 22.9 Å². The van der Waals surface area contributed by atoms with E-state index in [2.05, 4.69) is 34.5 Å². The van der Waals surface area contributed by atoms with E-state index in [1.165, 1.54) is 4.31 Å². The van der Waals surface area contributed by atoms with Gasteiger partial charge < -0.3 is 35.4 Å². The molecule has 17 nitrogen and oxygen atoms in total. The van der Waals surface area contributed by atoms with E-state index in [0.717, 1.165) is 18.8 Å². The van der Waals surface area contributed by atoms with Crippen molar-refractivity contribution in [2.45, 2.75) is 70.0 Å². The van der Waals surface area contributed by atoms with Crippen molar-refractivity contribution in [3.63, 3.8) is 0 Å². The Labute approximate surface area is 272 Å². The molecule has 0 spiro atoms. The Kier molecular flexibility index (Phi) is 12.3. The van der Waals surface area contributed by atoms with Crippen LogP contribution in [0.15, 0.2) is 23.1 Å². The number of rotatable bonds is 13. The molecule has 2 aromatic rings. The number of likely N-dealkylation sites (N-methyl/N-ethyl adjacent to an activating group) is 1. The summed E-state index contributed by atoms with van der Waals surface area (Å²) in [4.78, 5) is 50.4. The lowest BCUT2D eigenvalue weighted by Crippen LogP contribution is -2.48. The van der Waals surface area contributed by atoms with Gasteiger partial charge in [0.15, 0.2) is 11.3 Å². The number of benzene rings is 1. The molecule has 18 heteroatoms. The first-order chi connectivity index (χ1) is 22.1. The van der Waals surface area contributed by atoms with E-state index in [9.17, 15) is 27.6 Å². The number of aryl methyl sites for hydroxylation is 2. The number of nitrogens with one attached hydrogen (secondary N) is 2. The summed E-state index contributed by atoms with van der Waals surface area (Å²) in [7, 11) is -3.68. The second kappa shape index (κ2) is 15.6. The van der Waals surface area contributed by atoms with Crippen LogP contribution in [0.5, 0.6) is 5.75 Å². The second-order valence-electron chi connectivity index (χ2n) is 11.0. The molecule has 2 aliphatic heterocycles. The van der Waals surface area contributed by atoms with Gasteiger partial charge in [0.25, 0.3) is 5.91 Å². The first-order valence-corrected chi connectivity index (χ1v) is 16.6. The first kappa shape index (κ1) is 37.2. The highest BCUT2D eigenvalue weighted by Gasteiger charge is 2.41. The largest absolute Gasteiger partial charge is 0.493 e. The highest BCUT2D eigenvalue weighted by Crippen LogP contribution is 2.32. The predicted octanol–water partition coefficient (Wildman–Crippen LogP) is 0.606. The summed E-state index contributed by atoms with van der Waals surface area (Å²) in [6.07, 6.45) is -1.36. The Balaban J connectivity index is 0.000000392. The number of nitrogens with zero attached hydrogens (tertiary/aromatic N) is 4. The third-order valence-corrected chi connectivity index (χ3v) is 9.53. The van der Waals surface area contributed by atoms with Gasteiger partial charge in [0.05, 0.1) is 30.0 Å². The van der Waals surface area contributed by atoms with E-state index in [-0.39, 0.29) is 10.8 Å². The maximum atomic E-state index is 13.4. The molecule has 0 aliphatic carbocycles. The minimum Gasteiger partial charge on any atom is -0.493 e. The Morgan fingerprint density at radius 2 is 1.66 bits per heavy atom. The van der Waals surface area contributed by atoms with Crippen LogP contribution in [0.4, 0.5) is 0 Å². The van der Waals surface area contributed by atoms with Crippen LogP contribution in [0.1, 0.15) is 73.8 Å². The number of carboxylic acids is 3. The maximum Gasteiger partial charge on any atom is 0.336 e. The zero-order valence-corrected chi connectivity index (χ0v) is 27.5. The summed E-state index contributed by atoms with van der Waals surface area (Å²) < 4.78 is 35.9. The number of carbonyl (C=O) groups excluding carboxylic acids is 1. The summed E-state index contributed by atoms with van der Waals surface area (Å²) in [5.41, 5.74) is 2.26. The van der Waals surface area contributed by atoms with Crippen LogP contribution in [-0.2, 0) is 30.8 Å². The van der Waals surface area contributed by atoms with Gasteiger partial charge in [0.1, 0.15) is 17.7 Å². The van der Waals surface area contributed by atoms with Crippen molar-refractivity contribution in [3.8, 4) is 5.75 Å². The van der Waals surface area contributed by atoms with Gasteiger partial charge in [-0.3, -0.25) is 19.8 Å². The van der Waals surface area contributed by atoms with Crippen LogP contribution in [0.3, 0.4) is 0 Å². The number of hydrogen-bond acceptors (Lipinski definition) is 11. The average molecular weight is 683 g/mol. The number of aliphatic hydroxyl groups is 1. The summed E-state index contributed by atoms with van der Waals surface area (Å²) in [5, 5.41) is 36.8. The van der Waals surface area contributed by atoms with Gasteiger partial charge in [-0.05, 0) is 45.0 Å². The number of hydrogen-bond donors (Lipinski definition) is 6. The van der Waals surface area contributed by atoms with Crippen molar-refractivity contribution in [2.24, 2.45) is 0 Å². The van der Waals surface area contributed by atoms with Crippen LogP contribution in [-0.4, -0.2) is 116 Å². The van der Waals surface area contributed by atoms with Gasteiger partial charge in [0.2, 0.25) is 10.0 Å². The number of piperazine rings is 1. The number of amides is 1. The van der Waals surface area contributed by atoms with E-state index in [1.807, 2.05) is 13.8 Å². The van der Waals surface area contributed by atoms with Gasteiger partial charge in [-0.25, -0.2) is 22.9 Å². The van der Waals surface area contributed by atoms with Crippen molar-refractivity contribution >= 4 is 33.8 Å². The molecule has 1 fully saturated rings. The fraction of sp³-hybridized carbons (Fsp3) is 0.552. The summed E-state index contributed by atoms with van der Waals surface area (Å²) in [6, 6.07) is 4.86. The third-order valence-electron chi connectivity index (χ3n) is 7.64. The lowest BCUT2D eigenvalue weighted by Gasteiger charge is -2.33. The zero-order chi connectivity index (χ0) is 35.1. The number of ether oxygens (including phenoxy) is 1. The highest BCUT2D eigenvalue weighted by molar-refractivity contribution is 7.89. The van der Waals surface area contributed by atoms with Gasteiger partial charge in [-0.1, -0.05) is 13.8 Å². The number of imidazole rings is 1. The van der Waals surface area contributed by atoms with Gasteiger partial charge in [-0.15, -0.1) is 0 Å². The average Bonchev–Trinajstić information content (AvgIpc) is 3.32. The number of fused-ring (bicyclic) bond motifs is 1. The molecule has 1 saturated heterocycles.